The minimum Gasteiger partial charge on any atom is -0.398 e. The van der Waals surface area contributed by atoms with Crippen molar-refractivity contribution in [2.24, 2.45) is 0 Å². The van der Waals surface area contributed by atoms with Crippen molar-refractivity contribution < 1.29 is 4.79 Å². The average Bonchev–Trinajstić information content (AvgIpc) is 2.38. The number of hydrogen-bond acceptors (Lipinski definition) is 4. The van der Waals surface area contributed by atoms with Crippen molar-refractivity contribution in [3.8, 4) is 0 Å². The van der Waals surface area contributed by atoms with Gasteiger partial charge in [-0.2, -0.15) is 5.10 Å². The summed E-state index contributed by atoms with van der Waals surface area (Å²) in [5.41, 5.74) is 7.01. The third kappa shape index (κ3) is 2.73. The van der Waals surface area contributed by atoms with Crippen LogP contribution in [0.4, 0.5) is 5.69 Å². The van der Waals surface area contributed by atoms with E-state index in [0.29, 0.717) is 12.2 Å². The zero-order chi connectivity index (χ0) is 13.0. The van der Waals surface area contributed by atoms with E-state index in [-0.39, 0.29) is 17.2 Å². The Kier molecular flexibility index (Phi) is 3.38. The standard InChI is InChI=1S/C12H12N4O2/c13-9-4-2-1-3-8(9)7-14-12(18)10-5-6-11(17)16-15-10/h1-6H,7,13H2,(H,14,18)(H,16,17). The van der Waals surface area contributed by atoms with Crippen LogP contribution in [-0.2, 0) is 6.54 Å². The number of amides is 1. The van der Waals surface area contributed by atoms with E-state index in [9.17, 15) is 9.59 Å². The van der Waals surface area contributed by atoms with E-state index in [1.165, 1.54) is 12.1 Å². The first-order chi connectivity index (χ1) is 8.66. The van der Waals surface area contributed by atoms with Gasteiger partial charge in [0.05, 0.1) is 0 Å². The molecule has 6 nitrogen and oxygen atoms in total. The molecule has 1 heterocycles. The maximum atomic E-state index is 11.7. The SMILES string of the molecule is Nc1ccccc1CNC(=O)c1ccc(=O)[nH]n1. The highest BCUT2D eigenvalue weighted by Gasteiger charge is 2.07. The summed E-state index contributed by atoms with van der Waals surface area (Å²) in [4.78, 5) is 22.5. The van der Waals surface area contributed by atoms with E-state index in [1.807, 2.05) is 18.2 Å². The van der Waals surface area contributed by atoms with E-state index in [0.717, 1.165) is 5.56 Å². The molecule has 0 aliphatic carbocycles. The highest BCUT2D eigenvalue weighted by molar-refractivity contribution is 5.91. The molecule has 0 aliphatic rings. The number of H-pyrrole nitrogens is 1. The van der Waals surface area contributed by atoms with Gasteiger partial charge in [0, 0.05) is 18.3 Å². The number of nitrogens with one attached hydrogen (secondary N) is 2. The number of carbonyl (C=O) groups excluding carboxylic acids is 1. The number of nitrogens with two attached hydrogens (primary N) is 1. The summed E-state index contributed by atoms with van der Waals surface area (Å²) in [5.74, 6) is -0.366. The molecule has 18 heavy (non-hydrogen) atoms. The van der Waals surface area contributed by atoms with Crippen molar-refractivity contribution in [1.82, 2.24) is 15.5 Å². The van der Waals surface area contributed by atoms with E-state index < -0.39 is 0 Å². The Morgan fingerprint density at radius 2 is 2.06 bits per heavy atom. The fourth-order valence-electron chi connectivity index (χ4n) is 1.43. The molecule has 1 amide bonds. The molecule has 0 saturated heterocycles. The molecule has 6 heteroatoms. The molecular weight excluding hydrogens is 232 g/mol. The number of nitrogen functional groups attached to an aromatic ring is 1. The number of nitrogens with zero attached hydrogens (tertiary/aromatic N) is 1. The topological polar surface area (TPSA) is 101 Å². The van der Waals surface area contributed by atoms with Crippen molar-refractivity contribution in [3.63, 3.8) is 0 Å². The number of anilines is 1. The summed E-state index contributed by atoms with van der Waals surface area (Å²) in [5, 5.41) is 8.50. The summed E-state index contributed by atoms with van der Waals surface area (Å²) >= 11 is 0. The molecule has 0 bridgehead atoms. The molecular formula is C12H12N4O2. The molecule has 0 unspecified atom stereocenters. The maximum Gasteiger partial charge on any atom is 0.271 e. The number of aromatic nitrogens is 2. The molecule has 1 aromatic heterocycles. The van der Waals surface area contributed by atoms with Gasteiger partial charge in [0.15, 0.2) is 0 Å². The van der Waals surface area contributed by atoms with Crippen molar-refractivity contribution in [2.75, 3.05) is 5.73 Å². The van der Waals surface area contributed by atoms with Crippen LogP contribution in [0.3, 0.4) is 0 Å². The van der Waals surface area contributed by atoms with Crippen LogP contribution >= 0.6 is 0 Å². The lowest BCUT2D eigenvalue weighted by atomic mass is 10.2. The van der Waals surface area contributed by atoms with E-state index in [1.54, 1.807) is 6.07 Å². The lowest BCUT2D eigenvalue weighted by Gasteiger charge is -2.06. The van der Waals surface area contributed by atoms with Gasteiger partial charge in [0.1, 0.15) is 5.69 Å². The second kappa shape index (κ2) is 5.13. The van der Waals surface area contributed by atoms with Crippen molar-refractivity contribution in [1.29, 1.82) is 0 Å². The number of carbonyl (C=O) groups is 1. The van der Waals surface area contributed by atoms with Crippen LogP contribution in [0.25, 0.3) is 0 Å². The second-order valence-electron chi connectivity index (χ2n) is 3.69. The largest absolute Gasteiger partial charge is 0.398 e. The third-order valence-corrected chi connectivity index (χ3v) is 2.41. The molecule has 1 aromatic carbocycles. The predicted molar refractivity (Wildman–Crippen MR) is 66.9 cm³/mol. The highest BCUT2D eigenvalue weighted by atomic mass is 16.2. The fourth-order valence-corrected chi connectivity index (χ4v) is 1.43. The van der Waals surface area contributed by atoms with Gasteiger partial charge < -0.3 is 11.1 Å². The zero-order valence-electron chi connectivity index (χ0n) is 9.51. The molecule has 0 fully saturated rings. The summed E-state index contributed by atoms with van der Waals surface area (Å²) in [7, 11) is 0. The summed E-state index contributed by atoms with van der Waals surface area (Å²) < 4.78 is 0. The molecule has 2 aromatic rings. The van der Waals surface area contributed by atoms with E-state index in [4.69, 9.17) is 5.73 Å². The van der Waals surface area contributed by atoms with Crippen LogP contribution in [0.15, 0.2) is 41.2 Å². The molecule has 92 valence electrons. The lowest BCUT2D eigenvalue weighted by molar-refractivity contribution is 0.0945. The minimum absolute atomic E-state index is 0.157. The quantitative estimate of drug-likeness (QED) is 0.675. The molecule has 0 atom stereocenters. The molecule has 0 spiro atoms. The number of benzene rings is 1. The number of hydrogen-bond donors (Lipinski definition) is 3. The molecule has 0 aliphatic heterocycles. The van der Waals surface area contributed by atoms with Crippen LogP contribution in [-0.4, -0.2) is 16.1 Å². The van der Waals surface area contributed by atoms with Gasteiger partial charge in [-0.05, 0) is 17.7 Å². The van der Waals surface area contributed by atoms with Crippen LogP contribution in [0.2, 0.25) is 0 Å². The van der Waals surface area contributed by atoms with Crippen LogP contribution in [0.1, 0.15) is 16.1 Å². The van der Waals surface area contributed by atoms with Crippen LogP contribution < -0.4 is 16.6 Å². The van der Waals surface area contributed by atoms with Crippen LogP contribution in [0.5, 0.6) is 0 Å². The molecule has 2 rings (SSSR count). The predicted octanol–water partition coefficient (Wildman–Crippen LogP) is 0.282. The number of aromatic amines is 1. The molecule has 0 radical (unpaired) electrons. The smallest absolute Gasteiger partial charge is 0.271 e. The number of para-hydroxylation sites is 1. The monoisotopic (exact) mass is 244 g/mol. The summed E-state index contributed by atoms with van der Waals surface area (Å²) in [6.45, 7) is 0.312. The third-order valence-electron chi connectivity index (χ3n) is 2.41. The maximum absolute atomic E-state index is 11.7. The Balaban J connectivity index is 2.03. The van der Waals surface area contributed by atoms with Gasteiger partial charge in [-0.25, -0.2) is 5.10 Å². The van der Waals surface area contributed by atoms with Gasteiger partial charge in [-0.1, -0.05) is 18.2 Å². The molecule has 4 N–H and O–H groups in total. The Morgan fingerprint density at radius 3 is 2.72 bits per heavy atom. The van der Waals surface area contributed by atoms with E-state index >= 15 is 0 Å². The first kappa shape index (κ1) is 11.8. The highest BCUT2D eigenvalue weighted by Crippen LogP contribution is 2.09. The van der Waals surface area contributed by atoms with Gasteiger partial charge in [-0.15, -0.1) is 0 Å². The summed E-state index contributed by atoms with van der Waals surface area (Å²) in [6, 6.07) is 9.87. The lowest BCUT2D eigenvalue weighted by Crippen LogP contribution is -2.25. The second-order valence-corrected chi connectivity index (χ2v) is 3.69. The normalized spacial score (nSPS) is 10.0. The first-order valence-electron chi connectivity index (χ1n) is 5.34. The summed E-state index contributed by atoms with van der Waals surface area (Å²) in [6.07, 6.45) is 0. The number of rotatable bonds is 3. The fraction of sp³-hybridized carbons (Fsp3) is 0.0833. The van der Waals surface area contributed by atoms with Crippen molar-refractivity contribution in [2.45, 2.75) is 6.54 Å². The van der Waals surface area contributed by atoms with Crippen molar-refractivity contribution >= 4 is 11.6 Å². The zero-order valence-corrected chi connectivity index (χ0v) is 9.51. The Labute approximate surface area is 103 Å². The average molecular weight is 244 g/mol. The minimum atomic E-state index is -0.366. The van der Waals surface area contributed by atoms with Gasteiger partial charge in [0.2, 0.25) is 0 Å². The van der Waals surface area contributed by atoms with Crippen molar-refractivity contribution in [3.05, 3.63) is 58.0 Å². The Hall–Kier alpha value is -2.63. The van der Waals surface area contributed by atoms with E-state index in [2.05, 4.69) is 15.5 Å². The van der Waals surface area contributed by atoms with Crippen LogP contribution in [0, 0.1) is 0 Å². The van der Waals surface area contributed by atoms with Gasteiger partial charge >= 0.3 is 0 Å². The Bertz CT molecular complexity index is 601. The molecule has 0 saturated carbocycles. The van der Waals surface area contributed by atoms with Gasteiger partial charge in [-0.3, -0.25) is 9.59 Å². The Morgan fingerprint density at radius 1 is 1.28 bits per heavy atom. The first-order valence-corrected chi connectivity index (χ1v) is 5.34. The van der Waals surface area contributed by atoms with Gasteiger partial charge in [0.25, 0.3) is 11.5 Å².